The van der Waals surface area contributed by atoms with Crippen LogP contribution in [0.3, 0.4) is 0 Å². The number of nitrogens with one attached hydrogen (secondary N) is 2. The summed E-state index contributed by atoms with van der Waals surface area (Å²) in [5.41, 5.74) is 1.70. The summed E-state index contributed by atoms with van der Waals surface area (Å²) in [5, 5.41) is 14.4. The molecule has 0 saturated carbocycles. The lowest BCUT2D eigenvalue weighted by atomic mass is 10.0. The average Bonchev–Trinajstić information content (AvgIpc) is 2.99. The Labute approximate surface area is 230 Å². The molecule has 0 radical (unpaired) electrons. The first kappa shape index (κ1) is 23.6. The fourth-order valence-corrected chi connectivity index (χ4v) is 5.21. The van der Waals surface area contributed by atoms with Crippen LogP contribution in [0.1, 0.15) is 21.0 Å². The van der Waals surface area contributed by atoms with Crippen molar-refractivity contribution in [2.24, 2.45) is 0 Å². The molecule has 1 aromatic heterocycles. The standard InChI is InChI=1S/C35H23N3O2/c39-34(37-30-14-5-12-26-18-22-8-1-3-10-24(22)20-28(26)30)32-16-7-17-33(36-32)35(40)38-31-15-6-13-27-19-23-9-2-4-11-25(23)21-29(27)31/h1-21H,(H,37,39)(H,38,40). The van der Waals surface area contributed by atoms with Crippen molar-refractivity contribution in [2.45, 2.75) is 0 Å². The lowest BCUT2D eigenvalue weighted by Crippen LogP contribution is -2.18. The Kier molecular flexibility index (Phi) is 5.68. The van der Waals surface area contributed by atoms with Gasteiger partial charge in [0.05, 0.1) is 0 Å². The van der Waals surface area contributed by atoms with Crippen molar-refractivity contribution in [3.63, 3.8) is 0 Å². The zero-order valence-electron chi connectivity index (χ0n) is 21.4. The smallest absolute Gasteiger partial charge is 0.274 e. The molecule has 7 rings (SSSR count). The summed E-state index contributed by atoms with van der Waals surface area (Å²) in [6.45, 7) is 0. The first-order valence-electron chi connectivity index (χ1n) is 13.1. The molecule has 0 aliphatic rings. The summed E-state index contributed by atoms with van der Waals surface area (Å²) in [6, 6.07) is 41.1. The van der Waals surface area contributed by atoms with E-state index < -0.39 is 0 Å². The van der Waals surface area contributed by atoms with Gasteiger partial charge in [-0.2, -0.15) is 0 Å². The molecule has 0 aliphatic carbocycles. The highest BCUT2D eigenvalue weighted by atomic mass is 16.2. The van der Waals surface area contributed by atoms with Crippen molar-refractivity contribution in [3.8, 4) is 0 Å². The third-order valence-electron chi connectivity index (χ3n) is 7.20. The van der Waals surface area contributed by atoms with E-state index in [-0.39, 0.29) is 23.2 Å². The molecule has 0 spiro atoms. The second-order valence-electron chi connectivity index (χ2n) is 9.77. The van der Waals surface area contributed by atoms with Gasteiger partial charge in [0.25, 0.3) is 11.8 Å². The number of nitrogens with zero attached hydrogens (tertiary/aromatic N) is 1. The highest BCUT2D eigenvalue weighted by molar-refractivity contribution is 6.13. The van der Waals surface area contributed by atoms with Crippen LogP contribution < -0.4 is 10.6 Å². The largest absolute Gasteiger partial charge is 0.320 e. The number of aromatic nitrogens is 1. The third kappa shape index (κ3) is 4.29. The van der Waals surface area contributed by atoms with E-state index in [4.69, 9.17) is 0 Å². The van der Waals surface area contributed by atoms with Crippen molar-refractivity contribution < 1.29 is 9.59 Å². The third-order valence-corrected chi connectivity index (χ3v) is 7.20. The number of hydrogen-bond donors (Lipinski definition) is 2. The molecule has 40 heavy (non-hydrogen) atoms. The van der Waals surface area contributed by atoms with Crippen LogP contribution in [0.2, 0.25) is 0 Å². The predicted octanol–water partition coefficient (Wildman–Crippen LogP) is 8.20. The Balaban J connectivity index is 1.16. The summed E-state index contributed by atoms with van der Waals surface area (Å²) in [4.78, 5) is 30.9. The highest BCUT2D eigenvalue weighted by Crippen LogP contribution is 2.30. The van der Waals surface area contributed by atoms with Crippen LogP contribution in [0.4, 0.5) is 11.4 Å². The number of amides is 2. The number of carbonyl (C=O) groups is 2. The molecule has 0 atom stereocenters. The number of carbonyl (C=O) groups excluding carboxylic acids is 2. The van der Waals surface area contributed by atoms with Crippen LogP contribution in [-0.4, -0.2) is 16.8 Å². The summed E-state index contributed by atoms with van der Waals surface area (Å²) in [7, 11) is 0. The van der Waals surface area contributed by atoms with E-state index in [0.717, 1.165) is 43.1 Å². The van der Waals surface area contributed by atoms with Crippen LogP contribution in [0.5, 0.6) is 0 Å². The fraction of sp³-hybridized carbons (Fsp3) is 0. The maximum Gasteiger partial charge on any atom is 0.274 e. The first-order chi connectivity index (χ1) is 19.6. The molecule has 2 N–H and O–H groups in total. The fourth-order valence-electron chi connectivity index (χ4n) is 5.21. The first-order valence-corrected chi connectivity index (χ1v) is 13.1. The van der Waals surface area contributed by atoms with Gasteiger partial charge in [-0.25, -0.2) is 4.98 Å². The minimum absolute atomic E-state index is 0.161. The van der Waals surface area contributed by atoms with Gasteiger partial charge < -0.3 is 10.6 Å². The molecular weight excluding hydrogens is 494 g/mol. The molecule has 7 aromatic rings. The molecule has 0 aliphatic heterocycles. The van der Waals surface area contributed by atoms with E-state index in [1.807, 2.05) is 60.7 Å². The minimum Gasteiger partial charge on any atom is -0.320 e. The van der Waals surface area contributed by atoms with Crippen LogP contribution in [-0.2, 0) is 0 Å². The quantitative estimate of drug-likeness (QED) is 0.231. The van der Waals surface area contributed by atoms with Gasteiger partial charge in [-0.1, -0.05) is 78.9 Å². The van der Waals surface area contributed by atoms with Gasteiger partial charge in [0.1, 0.15) is 11.4 Å². The molecule has 5 heteroatoms. The summed E-state index contributed by atoms with van der Waals surface area (Å²) < 4.78 is 0. The minimum atomic E-state index is -0.382. The summed E-state index contributed by atoms with van der Waals surface area (Å²) in [6.07, 6.45) is 0. The number of pyridine rings is 1. The van der Waals surface area contributed by atoms with Crippen molar-refractivity contribution in [1.82, 2.24) is 4.98 Å². The molecule has 0 fully saturated rings. The Hall–Kier alpha value is -5.55. The molecule has 1 heterocycles. The maximum atomic E-state index is 13.2. The molecular formula is C35H23N3O2. The van der Waals surface area contributed by atoms with Gasteiger partial charge in [0, 0.05) is 22.1 Å². The second-order valence-corrected chi connectivity index (χ2v) is 9.77. The Bertz CT molecular complexity index is 1970. The van der Waals surface area contributed by atoms with E-state index in [1.165, 1.54) is 0 Å². The van der Waals surface area contributed by atoms with E-state index in [1.54, 1.807) is 18.2 Å². The monoisotopic (exact) mass is 517 g/mol. The lowest BCUT2D eigenvalue weighted by molar-refractivity contribution is 0.101. The zero-order valence-corrected chi connectivity index (χ0v) is 21.4. The van der Waals surface area contributed by atoms with Crippen molar-refractivity contribution >= 4 is 66.3 Å². The molecule has 6 aromatic carbocycles. The number of fused-ring (bicyclic) bond motifs is 4. The topological polar surface area (TPSA) is 71.1 Å². The predicted molar refractivity (Wildman–Crippen MR) is 163 cm³/mol. The van der Waals surface area contributed by atoms with Gasteiger partial charge in [-0.3, -0.25) is 9.59 Å². The molecule has 5 nitrogen and oxygen atoms in total. The lowest BCUT2D eigenvalue weighted by Gasteiger charge is -2.12. The van der Waals surface area contributed by atoms with Crippen LogP contribution >= 0.6 is 0 Å². The van der Waals surface area contributed by atoms with E-state index in [2.05, 4.69) is 64.1 Å². The molecule has 0 bridgehead atoms. The van der Waals surface area contributed by atoms with E-state index in [0.29, 0.717) is 11.4 Å². The van der Waals surface area contributed by atoms with Gasteiger partial charge in [0.15, 0.2) is 0 Å². The summed E-state index contributed by atoms with van der Waals surface area (Å²) in [5.74, 6) is -0.765. The second kappa shape index (κ2) is 9.64. The van der Waals surface area contributed by atoms with Gasteiger partial charge in [0.2, 0.25) is 0 Å². The zero-order chi connectivity index (χ0) is 27.1. The van der Waals surface area contributed by atoms with Gasteiger partial charge in [-0.15, -0.1) is 0 Å². The molecule has 190 valence electrons. The van der Waals surface area contributed by atoms with Gasteiger partial charge in [-0.05, 0) is 80.8 Å². The van der Waals surface area contributed by atoms with E-state index >= 15 is 0 Å². The Morgan fingerprint density at radius 1 is 0.425 bits per heavy atom. The number of hydrogen-bond acceptors (Lipinski definition) is 3. The normalized spacial score (nSPS) is 11.2. The van der Waals surface area contributed by atoms with E-state index in [9.17, 15) is 9.59 Å². The SMILES string of the molecule is O=C(Nc1cccc2cc3ccccc3cc12)c1cccc(C(=O)Nc2cccc3cc4ccccc4cc23)n1. The molecule has 0 unspecified atom stereocenters. The van der Waals surface area contributed by atoms with Crippen LogP contribution in [0.15, 0.2) is 127 Å². The van der Waals surface area contributed by atoms with Crippen LogP contribution in [0.25, 0.3) is 43.1 Å². The number of anilines is 2. The maximum absolute atomic E-state index is 13.2. The van der Waals surface area contributed by atoms with Crippen molar-refractivity contribution in [1.29, 1.82) is 0 Å². The Morgan fingerprint density at radius 3 is 1.25 bits per heavy atom. The van der Waals surface area contributed by atoms with Crippen molar-refractivity contribution in [3.05, 3.63) is 139 Å². The van der Waals surface area contributed by atoms with Gasteiger partial charge >= 0.3 is 0 Å². The molecule has 0 saturated heterocycles. The number of rotatable bonds is 4. The average molecular weight is 518 g/mol. The summed E-state index contributed by atoms with van der Waals surface area (Å²) >= 11 is 0. The Morgan fingerprint density at radius 2 is 0.800 bits per heavy atom. The van der Waals surface area contributed by atoms with Crippen LogP contribution in [0, 0.1) is 0 Å². The van der Waals surface area contributed by atoms with Crippen molar-refractivity contribution in [2.75, 3.05) is 10.6 Å². The number of benzene rings is 6. The molecule has 2 amide bonds. The highest BCUT2D eigenvalue weighted by Gasteiger charge is 2.15.